The number of hydrogen-bond acceptors (Lipinski definition) is 3. The summed E-state index contributed by atoms with van der Waals surface area (Å²) in [7, 11) is -3.46. The Hall–Kier alpha value is -3.29. The van der Waals surface area contributed by atoms with Gasteiger partial charge in [-0.15, -0.1) is 0 Å². The van der Waals surface area contributed by atoms with E-state index < -0.39 is 7.94 Å². The molecule has 4 rings (SSSR count). The second kappa shape index (κ2) is 9.46. The fourth-order valence-electron chi connectivity index (χ4n) is 3.35. The third kappa shape index (κ3) is 5.30. The SMILES string of the molecule is CC(C)(C)c1ccc(O[PH](Oc2ccccc2)(Oc2ccccc2)c2ccccc2)cc1. The number of benzene rings is 4. The molecule has 0 bridgehead atoms. The molecule has 3 nitrogen and oxygen atoms in total. The van der Waals surface area contributed by atoms with E-state index in [4.69, 9.17) is 13.6 Å². The summed E-state index contributed by atoms with van der Waals surface area (Å²) in [6, 6.07) is 37.5. The summed E-state index contributed by atoms with van der Waals surface area (Å²) in [4.78, 5) is 0. The van der Waals surface area contributed by atoms with Crippen molar-refractivity contribution in [3.05, 3.63) is 121 Å². The fraction of sp³-hybridized carbons (Fsp3) is 0.143. The Morgan fingerprint density at radius 1 is 0.469 bits per heavy atom. The monoisotopic (exact) mass is 444 g/mol. The summed E-state index contributed by atoms with van der Waals surface area (Å²) in [6.45, 7) is 6.59. The molecule has 0 aliphatic rings. The van der Waals surface area contributed by atoms with Crippen molar-refractivity contribution in [3.63, 3.8) is 0 Å². The molecule has 4 aromatic carbocycles. The van der Waals surface area contributed by atoms with Crippen LogP contribution in [0.25, 0.3) is 0 Å². The van der Waals surface area contributed by atoms with Gasteiger partial charge >= 0.3 is 191 Å². The van der Waals surface area contributed by atoms with Crippen molar-refractivity contribution >= 4 is 13.2 Å². The second-order valence-electron chi connectivity index (χ2n) is 8.63. The fourth-order valence-corrected chi connectivity index (χ4v) is 5.77. The average Bonchev–Trinajstić information content (AvgIpc) is 2.81. The summed E-state index contributed by atoms with van der Waals surface area (Å²) < 4.78 is 19.8. The van der Waals surface area contributed by atoms with Crippen LogP contribution in [-0.2, 0) is 5.41 Å². The van der Waals surface area contributed by atoms with E-state index in [-0.39, 0.29) is 5.41 Å². The van der Waals surface area contributed by atoms with Crippen molar-refractivity contribution in [3.8, 4) is 17.2 Å². The van der Waals surface area contributed by atoms with Gasteiger partial charge in [0.25, 0.3) is 0 Å². The van der Waals surface area contributed by atoms with Gasteiger partial charge in [-0.05, 0) is 0 Å². The minimum atomic E-state index is -3.46. The van der Waals surface area contributed by atoms with Gasteiger partial charge in [-0.3, -0.25) is 0 Å². The van der Waals surface area contributed by atoms with Crippen molar-refractivity contribution in [1.29, 1.82) is 0 Å². The Balaban J connectivity index is 1.79. The van der Waals surface area contributed by atoms with Gasteiger partial charge in [0.2, 0.25) is 0 Å². The Kier molecular flexibility index (Phi) is 6.48. The molecular weight excluding hydrogens is 415 g/mol. The molecule has 0 saturated heterocycles. The molecule has 0 atom stereocenters. The molecule has 0 radical (unpaired) electrons. The Morgan fingerprint density at radius 3 is 1.25 bits per heavy atom. The molecule has 0 amide bonds. The molecule has 0 aliphatic heterocycles. The molecule has 0 unspecified atom stereocenters. The Morgan fingerprint density at radius 2 is 0.844 bits per heavy atom. The van der Waals surface area contributed by atoms with Crippen LogP contribution in [0, 0.1) is 0 Å². The molecule has 0 N–H and O–H groups in total. The molecule has 0 aliphatic carbocycles. The van der Waals surface area contributed by atoms with Crippen LogP contribution >= 0.6 is 7.94 Å². The van der Waals surface area contributed by atoms with Gasteiger partial charge in [-0.1, -0.05) is 0 Å². The summed E-state index contributed by atoms with van der Waals surface area (Å²) in [5, 5.41) is 0.882. The maximum atomic E-state index is 6.66. The van der Waals surface area contributed by atoms with Crippen molar-refractivity contribution < 1.29 is 13.6 Å². The molecule has 0 aromatic heterocycles. The predicted octanol–water partition coefficient (Wildman–Crippen LogP) is 7.34. The van der Waals surface area contributed by atoms with Gasteiger partial charge < -0.3 is 0 Å². The van der Waals surface area contributed by atoms with E-state index in [1.54, 1.807) is 0 Å². The van der Waals surface area contributed by atoms with Crippen LogP contribution in [0.1, 0.15) is 26.3 Å². The molecule has 0 saturated carbocycles. The Bertz CT molecular complexity index is 1060. The Labute approximate surface area is 191 Å². The molecule has 4 aromatic rings. The van der Waals surface area contributed by atoms with E-state index in [1.807, 2.05) is 103 Å². The average molecular weight is 445 g/mol. The predicted molar refractivity (Wildman–Crippen MR) is 134 cm³/mol. The van der Waals surface area contributed by atoms with Crippen molar-refractivity contribution in [2.75, 3.05) is 0 Å². The zero-order valence-electron chi connectivity index (χ0n) is 18.7. The van der Waals surface area contributed by atoms with Crippen LogP contribution in [0.4, 0.5) is 0 Å². The van der Waals surface area contributed by atoms with Gasteiger partial charge in [0.05, 0.1) is 0 Å². The van der Waals surface area contributed by atoms with E-state index in [9.17, 15) is 0 Å². The molecular formula is C28H29O3P. The summed E-state index contributed by atoms with van der Waals surface area (Å²) in [5.74, 6) is 2.11. The van der Waals surface area contributed by atoms with Crippen LogP contribution in [0.3, 0.4) is 0 Å². The van der Waals surface area contributed by atoms with Crippen LogP contribution < -0.4 is 18.9 Å². The standard InChI is InChI=1S/C28H29O3P/c1-28(2,3)23-19-21-26(22-20-23)31-32(27-17-11-6-12-18-27,29-24-13-7-4-8-14-24)30-25-15-9-5-10-16-25/h4-22,32H,1-3H3. The zero-order valence-corrected chi connectivity index (χ0v) is 19.7. The van der Waals surface area contributed by atoms with Gasteiger partial charge in [0.1, 0.15) is 0 Å². The van der Waals surface area contributed by atoms with E-state index >= 15 is 0 Å². The van der Waals surface area contributed by atoms with E-state index in [0.29, 0.717) is 17.2 Å². The van der Waals surface area contributed by atoms with Crippen molar-refractivity contribution in [2.24, 2.45) is 0 Å². The van der Waals surface area contributed by atoms with Crippen LogP contribution in [0.5, 0.6) is 17.2 Å². The molecule has 0 fully saturated rings. The summed E-state index contributed by atoms with van der Waals surface area (Å²) >= 11 is 0. The topological polar surface area (TPSA) is 27.7 Å². The minimum absolute atomic E-state index is 0.0630. The number of para-hydroxylation sites is 2. The summed E-state index contributed by atoms with van der Waals surface area (Å²) in [6.07, 6.45) is 0. The number of rotatable bonds is 7. The van der Waals surface area contributed by atoms with Gasteiger partial charge in [-0.2, -0.15) is 0 Å². The maximum absolute atomic E-state index is 6.66. The van der Waals surface area contributed by atoms with Gasteiger partial charge in [-0.25, -0.2) is 0 Å². The third-order valence-corrected chi connectivity index (χ3v) is 7.64. The normalized spacial score (nSPS) is 12.1. The quantitative estimate of drug-likeness (QED) is 0.279. The number of hydrogen-bond donors (Lipinski definition) is 0. The van der Waals surface area contributed by atoms with Crippen LogP contribution in [-0.4, -0.2) is 0 Å². The molecule has 32 heavy (non-hydrogen) atoms. The van der Waals surface area contributed by atoms with Gasteiger partial charge in [0.15, 0.2) is 0 Å². The zero-order chi connectivity index (χ0) is 22.4. The molecule has 0 heterocycles. The van der Waals surface area contributed by atoms with E-state index in [0.717, 1.165) is 5.30 Å². The van der Waals surface area contributed by atoms with Crippen molar-refractivity contribution in [1.82, 2.24) is 0 Å². The van der Waals surface area contributed by atoms with Crippen LogP contribution in [0.2, 0.25) is 0 Å². The van der Waals surface area contributed by atoms with Crippen LogP contribution in [0.15, 0.2) is 115 Å². The van der Waals surface area contributed by atoms with E-state index in [2.05, 4.69) is 32.9 Å². The first kappa shape index (κ1) is 21.9. The first-order chi connectivity index (χ1) is 15.4. The van der Waals surface area contributed by atoms with Crippen molar-refractivity contribution in [2.45, 2.75) is 26.2 Å². The summed E-state index contributed by atoms with van der Waals surface area (Å²) in [5.41, 5.74) is 1.30. The first-order valence-corrected chi connectivity index (χ1v) is 12.5. The molecule has 164 valence electrons. The second-order valence-corrected chi connectivity index (χ2v) is 10.9. The van der Waals surface area contributed by atoms with E-state index in [1.165, 1.54) is 5.56 Å². The first-order valence-electron chi connectivity index (χ1n) is 10.8. The molecule has 4 heteroatoms. The molecule has 0 spiro atoms. The van der Waals surface area contributed by atoms with Gasteiger partial charge in [0, 0.05) is 0 Å². The third-order valence-electron chi connectivity index (χ3n) is 5.09.